The SMILES string of the molecule is CS(=O)CCCNc1nc[nH]c(=O)c1Cl. The summed E-state index contributed by atoms with van der Waals surface area (Å²) >= 11 is 5.71. The summed E-state index contributed by atoms with van der Waals surface area (Å²) in [5, 5.41) is 2.96. The van der Waals surface area contributed by atoms with Gasteiger partial charge in [-0.25, -0.2) is 4.98 Å². The molecule has 0 aliphatic carbocycles. The van der Waals surface area contributed by atoms with Gasteiger partial charge in [-0.15, -0.1) is 0 Å². The zero-order chi connectivity index (χ0) is 11.3. The van der Waals surface area contributed by atoms with Crippen LogP contribution in [0, 0.1) is 0 Å². The Morgan fingerprint density at radius 3 is 3.07 bits per heavy atom. The minimum atomic E-state index is -0.794. The van der Waals surface area contributed by atoms with E-state index in [9.17, 15) is 9.00 Å². The number of anilines is 1. The van der Waals surface area contributed by atoms with E-state index in [0.717, 1.165) is 6.42 Å². The van der Waals surface area contributed by atoms with E-state index in [1.807, 2.05) is 0 Å². The summed E-state index contributed by atoms with van der Waals surface area (Å²) in [5.74, 6) is 0.982. The highest BCUT2D eigenvalue weighted by Gasteiger charge is 2.04. The van der Waals surface area contributed by atoms with Gasteiger partial charge < -0.3 is 10.3 Å². The molecule has 1 aromatic heterocycles. The van der Waals surface area contributed by atoms with Gasteiger partial charge in [0.05, 0.1) is 6.33 Å². The van der Waals surface area contributed by atoms with E-state index in [2.05, 4.69) is 15.3 Å². The minimum absolute atomic E-state index is 0.0510. The topological polar surface area (TPSA) is 74.8 Å². The Morgan fingerprint density at radius 1 is 1.67 bits per heavy atom. The standard InChI is InChI=1S/C8H12ClN3O2S/c1-15(14)4-2-3-10-7-6(9)8(13)12-5-11-7/h5H,2-4H2,1H3,(H2,10,11,12,13). The van der Waals surface area contributed by atoms with Gasteiger partial charge in [0.1, 0.15) is 5.02 Å². The first-order valence-corrected chi connectivity index (χ1v) is 6.49. The summed E-state index contributed by atoms with van der Waals surface area (Å²) in [4.78, 5) is 17.3. The van der Waals surface area contributed by atoms with Gasteiger partial charge in [0.2, 0.25) is 0 Å². The van der Waals surface area contributed by atoms with Crippen molar-refractivity contribution in [3.8, 4) is 0 Å². The average Bonchev–Trinajstić information content (AvgIpc) is 2.18. The van der Waals surface area contributed by atoms with Gasteiger partial charge in [-0.1, -0.05) is 11.6 Å². The van der Waals surface area contributed by atoms with E-state index in [1.165, 1.54) is 6.33 Å². The van der Waals surface area contributed by atoms with Crippen molar-refractivity contribution >= 4 is 28.2 Å². The number of nitrogens with one attached hydrogen (secondary N) is 2. The van der Waals surface area contributed by atoms with Crippen LogP contribution >= 0.6 is 11.6 Å². The second-order valence-electron chi connectivity index (χ2n) is 2.95. The van der Waals surface area contributed by atoms with Crippen LogP contribution in [0.5, 0.6) is 0 Å². The number of aromatic amines is 1. The van der Waals surface area contributed by atoms with Gasteiger partial charge in [-0.3, -0.25) is 9.00 Å². The monoisotopic (exact) mass is 249 g/mol. The smallest absolute Gasteiger partial charge is 0.271 e. The zero-order valence-electron chi connectivity index (χ0n) is 8.25. The Morgan fingerprint density at radius 2 is 2.40 bits per heavy atom. The second kappa shape index (κ2) is 5.87. The third-order valence-corrected chi connectivity index (χ3v) is 2.91. The van der Waals surface area contributed by atoms with Crippen molar-refractivity contribution in [2.24, 2.45) is 0 Å². The first kappa shape index (κ1) is 12.2. The van der Waals surface area contributed by atoms with Gasteiger partial charge in [-0.05, 0) is 6.42 Å². The fourth-order valence-electron chi connectivity index (χ4n) is 0.988. The van der Waals surface area contributed by atoms with Crippen molar-refractivity contribution in [1.82, 2.24) is 9.97 Å². The van der Waals surface area contributed by atoms with Crippen LogP contribution in [-0.2, 0) is 10.8 Å². The molecule has 0 aliphatic rings. The molecule has 1 atom stereocenters. The molecule has 0 saturated heterocycles. The molecule has 7 heteroatoms. The predicted octanol–water partition coefficient (Wildman–Crippen LogP) is 0.604. The molecule has 5 nitrogen and oxygen atoms in total. The Balaban J connectivity index is 2.48. The molecule has 84 valence electrons. The first-order chi connectivity index (χ1) is 7.11. The van der Waals surface area contributed by atoms with Crippen molar-refractivity contribution in [3.05, 3.63) is 21.7 Å². The quantitative estimate of drug-likeness (QED) is 0.750. The molecular weight excluding hydrogens is 238 g/mol. The van der Waals surface area contributed by atoms with Crippen molar-refractivity contribution in [3.63, 3.8) is 0 Å². The molecule has 15 heavy (non-hydrogen) atoms. The highest BCUT2D eigenvalue weighted by molar-refractivity contribution is 7.84. The number of hydrogen-bond donors (Lipinski definition) is 2. The maximum Gasteiger partial charge on any atom is 0.271 e. The van der Waals surface area contributed by atoms with Gasteiger partial charge in [0.25, 0.3) is 5.56 Å². The van der Waals surface area contributed by atoms with E-state index in [4.69, 9.17) is 11.6 Å². The Hall–Kier alpha value is -0.880. The maximum absolute atomic E-state index is 11.1. The summed E-state index contributed by atoms with van der Waals surface area (Å²) in [6.07, 6.45) is 3.68. The molecule has 0 radical (unpaired) electrons. The summed E-state index contributed by atoms with van der Waals surface area (Å²) in [6.45, 7) is 0.593. The zero-order valence-corrected chi connectivity index (χ0v) is 9.82. The molecule has 2 N–H and O–H groups in total. The van der Waals surface area contributed by atoms with E-state index in [0.29, 0.717) is 18.1 Å². The van der Waals surface area contributed by atoms with Crippen LogP contribution in [0.1, 0.15) is 6.42 Å². The third-order valence-electron chi connectivity index (χ3n) is 1.70. The molecule has 0 bridgehead atoms. The molecule has 1 aromatic rings. The molecule has 1 unspecified atom stereocenters. The lowest BCUT2D eigenvalue weighted by atomic mass is 10.4. The minimum Gasteiger partial charge on any atom is -0.369 e. The largest absolute Gasteiger partial charge is 0.369 e. The lowest BCUT2D eigenvalue weighted by Crippen LogP contribution is -2.13. The lowest BCUT2D eigenvalue weighted by molar-refractivity contribution is 0.685. The Kier molecular flexibility index (Phi) is 4.77. The summed E-state index contributed by atoms with van der Waals surface area (Å²) < 4.78 is 10.8. The van der Waals surface area contributed by atoms with Crippen molar-refractivity contribution < 1.29 is 4.21 Å². The van der Waals surface area contributed by atoms with Crippen LogP contribution < -0.4 is 10.9 Å². The summed E-state index contributed by atoms with van der Waals surface area (Å²) in [5.41, 5.74) is -0.367. The van der Waals surface area contributed by atoms with Crippen molar-refractivity contribution in [2.45, 2.75) is 6.42 Å². The van der Waals surface area contributed by atoms with Crippen LogP contribution in [0.15, 0.2) is 11.1 Å². The summed E-state index contributed by atoms with van der Waals surface area (Å²) in [6, 6.07) is 0. The van der Waals surface area contributed by atoms with Gasteiger partial charge in [0.15, 0.2) is 5.82 Å². The average molecular weight is 250 g/mol. The maximum atomic E-state index is 11.1. The van der Waals surface area contributed by atoms with Crippen molar-refractivity contribution in [1.29, 1.82) is 0 Å². The summed E-state index contributed by atoms with van der Waals surface area (Å²) in [7, 11) is -0.794. The fourth-order valence-corrected chi connectivity index (χ4v) is 1.71. The number of aromatic nitrogens is 2. The molecule has 0 fully saturated rings. The number of H-pyrrole nitrogens is 1. The Bertz CT molecular complexity index is 407. The van der Waals surface area contributed by atoms with E-state index in [1.54, 1.807) is 6.26 Å². The number of halogens is 1. The molecule has 0 saturated carbocycles. The molecule has 1 rings (SSSR count). The predicted molar refractivity (Wildman–Crippen MR) is 61.9 cm³/mol. The van der Waals surface area contributed by atoms with Crippen LogP contribution in [0.2, 0.25) is 5.02 Å². The molecular formula is C8H12ClN3O2S. The lowest BCUT2D eigenvalue weighted by Gasteiger charge is -2.04. The van der Waals surface area contributed by atoms with Crippen LogP contribution in [-0.4, -0.2) is 32.7 Å². The van der Waals surface area contributed by atoms with E-state index < -0.39 is 10.8 Å². The number of nitrogens with zero attached hydrogens (tertiary/aromatic N) is 1. The van der Waals surface area contributed by atoms with Crippen LogP contribution in [0.4, 0.5) is 5.82 Å². The van der Waals surface area contributed by atoms with Gasteiger partial charge in [0, 0.05) is 29.4 Å². The van der Waals surface area contributed by atoms with Crippen LogP contribution in [0.3, 0.4) is 0 Å². The van der Waals surface area contributed by atoms with Crippen molar-refractivity contribution in [2.75, 3.05) is 23.9 Å². The normalized spacial score (nSPS) is 12.4. The van der Waals surface area contributed by atoms with Crippen LogP contribution in [0.25, 0.3) is 0 Å². The fraction of sp³-hybridized carbons (Fsp3) is 0.500. The highest BCUT2D eigenvalue weighted by Crippen LogP contribution is 2.11. The van der Waals surface area contributed by atoms with Gasteiger partial charge in [-0.2, -0.15) is 0 Å². The second-order valence-corrected chi connectivity index (χ2v) is 4.88. The molecule has 0 spiro atoms. The van der Waals surface area contributed by atoms with E-state index in [-0.39, 0.29) is 10.6 Å². The Labute approximate surface area is 94.7 Å². The first-order valence-electron chi connectivity index (χ1n) is 4.38. The van der Waals surface area contributed by atoms with E-state index >= 15 is 0 Å². The molecule has 0 aromatic carbocycles. The molecule has 0 amide bonds. The van der Waals surface area contributed by atoms with Gasteiger partial charge >= 0.3 is 0 Å². The molecule has 1 heterocycles. The third kappa shape index (κ3) is 4.01. The molecule has 0 aliphatic heterocycles. The highest BCUT2D eigenvalue weighted by atomic mass is 35.5. The number of hydrogen-bond acceptors (Lipinski definition) is 4. The number of rotatable bonds is 5.